The van der Waals surface area contributed by atoms with Crippen molar-refractivity contribution in [3.05, 3.63) is 0 Å². The van der Waals surface area contributed by atoms with Crippen LogP contribution in [0.1, 0.15) is 52.4 Å². The molecule has 1 nitrogen and oxygen atoms in total. The third kappa shape index (κ3) is 3.99. The van der Waals surface area contributed by atoms with Crippen LogP contribution in [0, 0.1) is 5.41 Å². The van der Waals surface area contributed by atoms with Gasteiger partial charge in [-0.1, -0.05) is 26.7 Å². The van der Waals surface area contributed by atoms with Crippen LogP contribution >= 0.6 is 12.6 Å². The summed E-state index contributed by atoms with van der Waals surface area (Å²) in [7, 11) is 0. The van der Waals surface area contributed by atoms with E-state index in [1.807, 2.05) is 0 Å². The first-order valence-corrected chi connectivity index (χ1v) is 7.23. The van der Waals surface area contributed by atoms with Crippen molar-refractivity contribution in [3.63, 3.8) is 0 Å². The Labute approximate surface area is 101 Å². The van der Waals surface area contributed by atoms with Crippen molar-refractivity contribution in [2.75, 3.05) is 25.4 Å². The summed E-state index contributed by atoms with van der Waals surface area (Å²) in [5.41, 5.74) is 0.466. The normalized spacial score (nSPS) is 20.2. The molecule has 2 heteroatoms. The maximum Gasteiger partial charge on any atom is 0.00456 e. The molecule has 15 heavy (non-hydrogen) atoms. The van der Waals surface area contributed by atoms with E-state index in [2.05, 4.69) is 31.4 Å². The summed E-state index contributed by atoms with van der Waals surface area (Å²) in [4.78, 5) is 2.68. The summed E-state index contributed by atoms with van der Waals surface area (Å²) >= 11 is 4.56. The van der Waals surface area contributed by atoms with E-state index < -0.39 is 0 Å². The van der Waals surface area contributed by atoms with E-state index in [1.165, 1.54) is 58.2 Å². The molecule has 1 aliphatic heterocycles. The highest BCUT2D eigenvalue weighted by atomic mass is 32.1. The summed E-state index contributed by atoms with van der Waals surface area (Å²) in [5.74, 6) is 1.04. The average Bonchev–Trinajstić information content (AvgIpc) is 2.54. The number of hydrogen-bond donors (Lipinski definition) is 1. The SMILES string of the molecule is CCC(CC)(CS)CN1CCCCCC1. The zero-order valence-electron chi connectivity index (χ0n) is 10.5. The topological polar surface area (TPSA) is 3.24 Å². The molecule has 0 N–H and O–H groups in total. The zero-order valence-corrected chi connectivity index (χ0v) is 11.4. The van der Waals surface area contributed by atoms with Crippen LogP contribution in [0.3, 0.4) is 0 Å². The van der Waals surface area contributed by atoms with Crippen LogP contribution in [0.2, 0.25) is 0 Å². The van der Waals surface area contributed by atoms with E-state index in [0.717, 1.165) is 5.75 Å². The second kappa shape index (κ2) is 6.80. The quantitative estimate of drug-likeness (QED) is 0.705. The van der Waals surface area contributed by atoms with Gasteiger partial charge in [0.1, 0.15) is 0 Å². The minimum absolute atomic E-state index is 0.466. The van der Waals surface area contributed by atoms with Crippen LogP contribution < -0.4 is 0 Å². The summed E-state index contributed by atoms with van der Waals surface area (Å²) in [6, 6.07) is 0. The maximum absolute atomic E-state index is 4.56. The Hall–Kier alpha value is 0.310. The predicted molar refractivity (Wildman–Crippen MR) is 71.8 cm³/mol. The number of likely N-dealkylation sites (tertiary alicyclic amines) is 1. The van der Waals surface area contributed by atoms with Crippen LogP contribution in [0.4, 0.5) is 0 Å². The monoisotopic (exact) mass is 229 g/mol. The molecule has 90 valence electrons. The second-order valence-electron chi connectivity index (χ2n) is 5.06. The molecule has 0 bridgehead atoms. The molecule has 1 fully saturated rings. The molecule has 1 rings (SSSR count). The van der Waals surface area contributed by atoms with Crippen molar-refractivity contribution < 1.29 is 0 Å². The van der Waals surface area contributed by atoms with Gasteiger partial charge in [0.05, 0.1) is 0 Å². The molecule has 0 radical (unpaired) electrons. The highest BCUT2D eigenvalue weighted by molar-refractivity contribution is 7.80. The van der Waals surface area contributed by atoms with Gasteiger partial charge in [-0.2, -0.15) is 12.6 Å². The Morgan fingerprint density at radius 2 is 1.53 bits per heavy atom. The highest BCUT2D eigenvalue weighted by Crippen LogP contribution is 2.29. The molecule has 1 aliphatic rings. The Bertz CT molecular complexity index is 150. The summed E-state index contributed by atoms with van der Waals surface area (Å²) in [6.45, 7) is 8.53. The van der Waals surface area contributed by atoms with E-state index in [0.29, 0.717) is 5.41 Å². The largest absolute Gasteiger partial charge is 0.303 e. The summed E-state index contributed by atoms with van der Waals surface area (Å²) < 4.78 is 0. The van der Waals surface area contributed by atoms with Crippen molar-refractivity contribution in [2.45, 2.75) is 52.4 Å². The van der Waals surface area contributed by atoms with Crippen molar-refractivity contribution in [1.29, 1.82) is 0 Å². The van der Waals surface area contributed by atoms with Crippen LogP contribution in [0.25, 0.3) is 0 Å². The van der Waals surface area contributed by atoms with Gasteiger partial charge in [0.2, 0.25) is 0 Å². The first kappa shape index (κ1) is 13.4. The molecular weight excluding hydrogens is 202 g/mol. The fourth-order valence-corrected chi connectivity index (χ4v) is 3.06. The van der Waals surface area contributed by atoms with Crippen LogP contribution in [-0.4, -0.2) is 30.3 Å². The molecule has 1 heterocycles. The van der Waals surface area contributed by atoms with E-state index in [9.17, 15) is 0 Å². The lowest BCUT2D eigenvalue weighted by Crippen LogP contribution is -2.39. The van der Waals surface area contributed by atoms with Crippen molar-refractivity contribution in [3.8, 4) is 0 Å². The standard InChI is InChI=1S/C13H27NS/c1-3-13(4-2,12-15)11-14-9-7-5-6-8-10-14/h15H,3-12H2,1-2H3. The van der Waals surface area contributed by atoms with Crippen molar-refractivity contribution >= 4 is 12.6 Å². The van der Waals surface area contributed by atoms with Crippen LogP contribution in [0.5, 0.6) is 0 Å². The third-order valence-electron chi connectivity index (χ3n) is 4.09. The van der Waals surface area contributed by atoms with Gasteiger partial charge in [0.25, 0.3) is 0 Å². The molecule has 0 aromatic heterocycles. The minimum atomic E-state index is 0.466. The van der Waals surface area contributed by atoms with Gasteiger partial charge in [-0.05, 0) is 49.9 Å². The molecule has 0 aromatic carbocycles. The number of rotatable bonds is 5. The van der Waals surface area contributed by atoms with Gasteiger partial charge in [0, 0.05) is 6.54 Å². The molecule has 0 aromatic rings. The molecule has 0 saturated carbocycles. The lowest BCUT2D eigenvalue weighted by molar-refractivity contribution is 0.162. The highest BCUT2D eigenvalue weighted by Gasteiger charge is 2.27. The van der Waals surface area contributed by atoms with Gasteiger partial charge >= 0.3 is 0 Å². The fourth-order valence-electron chi connectivity index (χ4n) is 2.52. The lowest BCUT2D eigenvalue weighted by Gasteiger charge is -2.35. The maximum atomic E-state index is 4.56. The Morgan fingerprint density at radius 1 is 1.00 bits per heavy atom. The summed E-state index contributed by atoms with van der Waals surface area (Å²) in [5, 5.41) is 0. The van der Waals surface area contributed by atoms with E-state index in [1.54, 1.807) is 0 Å². The van der Waals surface area contributed by atoms with Gasteiger partial charge in [-0.15, -0.1) is 0 Å². The van der Waals surface area contributed by atoms with Crippen molar-refractivity contribution in [1.82, 2.24) is 4.90 Å². The Morgan fingerprint density at radius 3 is 1.93 bits per heavy atom. The smallest absolute Gasteiger partial charge is 0.00456 e. The van der Waals surface area contributed by atoms with Crippen LogP contribution in [-0.2, 0) is 0 Å². The second-order valence-corrected chi connectivity index (χ2v) is 5.37. The van der Waals surface area contributed by atoms with Gasteiger partial charge in [0.15, 0.2) is 0 Å². The van der Waals surface area contributed by atoms with E-state index >= 15 is 0 Å². The average molecular weight is 229 g/mol. The first-order chi connectivity index (χ1) is 7.26. The molecule has 0 unspecified atom stereocenters. The van der Waals surface area contributed by atoms with Gasteiger partial charge in [-0.25, -0.2) is 0 Å². The number of hydrogen-bond acceptors (Lipinski definition) is 2. The predicted octanol–water partition coefficient (Wildman–Crippen LogP) is 3.60. The lowest BCUT2D eigenvalue weighted by atomic mass is 9.84. The molecule has 0 spiro atoms. The number of thiol groups is 1. The molecule has 0 atom stereocenters. The number of nitrogens with zero attached hydrogens (tertiary/aromatic N) is 1. The van der Waals surface area contributed by atoms with Crippen LogP contribution in [0.15, 0.2) is 0 Å². The van der Waals surface area contributed by atoms with E-state index in [-0.39, 0.29) is 0 Å². The molecule has 0 aliphatic carbocycles. The zero-order chi connectivity index (χ0) is 11.1. The Balaban J connectivity index is 2.48. The minimum Gasteiger partial charge on any atom is -0.303 e. The van der Waals surface area contributed by atoms with E-state index in [4.69, 9.17) is 0 Å². The first-order valence-electron chi connectivity index (χ1n) is 6.59. The Kier molecular flexibility index (Phi) is 6.06. The van der Waals surface area contributed by atoms with Gasteiger partial charge < -0.3 is 4.90 Å². The third-order valence-corrected chi connectivity index (χ3v) is 4.76. The molecule has 1 saturated heterocycles. The van der Waals surface area contributed by atoms with Crippen molar-refractivity contribution in [2.24, 2.45) is 5.41 Å². The fraction of sp³-hybridized carbons (Fsp3) is 1.00. The molecule has 0 amide bonds. The molecular formula is C13H27NS. The van der Waals surface area contributed by atoms with Gasteiger partial charge in [-0.3, -0.25) is 0 Å². The summed E-state index contributed by atoms with van der Waals surface area (Å²) in [6.07, 6.45) is 8.20.